The van der Waals surface area contributed by atoms with E-state index in [9.17, 15) is 14.4 Å². The zero-order valence-corrected chi connectivity index (χ0v) is 19.7. The number of hydrogen-bond donors (Lipinski definition) is 3. The van der Waals surface area contributed by atoms with Crippen LogP contribution in [0.2, 0.25) is 0 Å². The second-order valence-electron chi connectivity index (χ2n) is 7.72. The van der Waals surface area contributed by atoms with Gasteiger partial charge in [-0.15, -0.1) is 11.3 Å². The second-order valence-corrected chi connectivity index (χ2v) is 8.66. The van der Waals surface area contributed by atoms with E-state index < -0.39 is 23.8 Å². The normalized spacial score (nSPS) is 11.8. The zero-order valence-electron chi connectivity index (χ0n) is 18.9. The maximum Gasteiger partial charge on any atom is 0.409 e. The lowest BCUT2D eigenvalue weighted by Gasteiger charge is -2.22. The van der Waals surface area contributed by atoms with Crippen LogP contribution in [-0.4, -0.2) is 48.9 Å². The van der Waals surface area contributed by atoms with Crippen molar-refractivity contribution in [2.45, 2.75) is 46.0 Å². The summed E-state index contributed by atoms with van der Waals surface area (Å²) in [7, 11) is 3.01. The van der Waals surface area contributed by atoms with E-state index in [1.165, 1.54) is 25.6 Å². The molecule has 0 fully saturated rings. The Morgan fingerprint density at radius 1 is 1.06 bits per heavy atom. The highest BCUT2D eigenvalue weighted by Crippen LogP contribution is 2.27. The molecule has 0 aliphatic carbocycles. The molecule has 1 aromatic carbocycles. The van der Waals surface area contributed by atoms with Gasteiger partial charge in [-0.25, -0.2) is 9.78 Å². The Morgan fingerprint density at radius 2 is 1.75 bits per heavy atom. The fourth-order valence-electron chi connectivity index (χ4n) is 2.52. The Balaban J connectivity index is 1.89. The molecule has 0 aliphatic heterocycles. The molecule has 0 saturated carbocycles. The number of rotatable bonds is 8. The van der Waals surface area contributed by atoms with Gasteiger partial charge in [0.15, 0.2) is 11.5 Å². The highest BCUT2D eigenvalue weighted by Gasteiger charge is 2.20. The Bertz CT molecular complexity index is 969. The molecule has 0 radical (unpaired) electrons. The molecule has 32 heavy (non-hydrogen) atoms. The van der Waals surface area contributed by atoms with E-state index in [2.05, 4.69) is 20.9 Å². The number of nitrogens with one attached hydrogen (secondary N) is 3. The molecule has 2 aromatic rings. The maximum absolute atomic E-state index is 12.4. The summed E-state index contributed by atoms with van der Waals surface area (Å²) in [6, 6.07) is 4.84. The fraction of sp³-hybridized carbons (Fsp3) is 0.429. The number of alkyl carbamates (subject to hydrolysis) is 1. The third-order valence-electron chi connectivity index (χ3n) is 3.91. The number of aromatic nitrogens is 1. The van der Waals surface area contributed by atoms with Gasteiger partial charge in [-0.1, -0.05) is 0 Å². The van der Waals surface area contributed by atoms with Crippen LogP contribution in [0.4, 0.5) is 4.79 Å². The molecule has 2 rings (SSSR count). The molecule has 0 spiro atoms. The molecule has 1 atom stereocenters. The number of carbonyl (C=O) groups excluding carboxylic acids is 3. The predicted octanol–water partition coefficient (Wildman–Crippen LogP) is 2.69. The third-order valence-corrected chi connectivity index (χ3v) is 4.76. The van der Waals surface area contributed by atoms with Crippen LogP contribution < -0.4 is 25.4 Å². The lowest BCUT2D eigenvalue weighted by Crippen LogP contribution is -2.47. The standard InChI is InChI=1S/C21H28N4O6S/c1-12(24-20(28)31-21(2,3)4)23-19(27)14-11-32-17(25-14)10-22-18(26)13-7-8-15(29-5)16(9-13)30-6/h7-9,11-12H,10H2,1-6H3,(H,22,26)(H,23,27)(H,24,28). The van der Waals surface area contributed by atoms with Crippen molar-refractivity contribution < 1.29 is 28.6 Å². The summed E-state index contributed by atoms with van der Waals surface area (Å²) >= 11 is 1.23. The predicted molar refractivity (Wildman–Crippen MR) is 119 cm³/mol. The van der Waals surface area contributed by atoms with E-state index in [1.54, 1.807) is 51.3 Å². The van der Waals surface area contributed by atoms with E-state index >= 15 is 0 Å². The average Bonchev–Trinajstić information content (AvgIpc) is 3.19. The molecule has 0 bridgehead atoms. The van der Waals surface area contributed by atoms with Gasteiger partial charge in [0.1, 0.15) is 22.5 Å². The minimum absolute atomic E-state index is 0.150. The number of nitrogens with zero attached hydrogens (tertiary/aromatic N) is 1. The zero-order chi connectivity index (χ0) is 23.9. The highest BCUT2D eigenvalue weighted by molar-refractivity contribution is 7.09. The van der Waals surface area contributed by atoms with E-state index in [4.69, 9.17) is 14.2 Å². The number of hydrogen-bond acceptors (Lipinski definition) is 8. The summed E-state index contributed by atoms with van der Waals surface area (Å²) in [6.45, 7) is 7.00. The topological polar surface area (TPSA) is 128 Å². The van der Waals surface area contributed by atoms with Gasteiger partial charge in [0, 0.05) is 10.9 Å². The third kappa shape index (κ3) is 7.41. The first kappa shape index (κ1) is 24.9. The molecule has 0 aliphatic rings. The van der Waals surface area contributed by atoms with Gasteiger partial charge in [-0.2, -0.15) is 0 Å². The monoisotopic (exact) mass is 464 g/mol. The minimum Gasteiger partial charge on any atom is -0.493 e. The summed E-state index contributed by atoms with van der Waals surface area (Å²) in [4.78, 5) is 40.8. The minimum atomic E-state index is -0.660. The highest BCUT2D eigenvalue weighted by atomic mass is 32.1. The Morgan fingerprint density at radius 3 is 2.38 bits per heavy atom. The molecule has 3 N–H and O–H groups in total. The van der Waals surface area contributed by atoms with Crippen LogP contribution in [0.15, 0.2) is 23.6 Å². The number of methoxy groups -OCH3 is 2. The van der Waals surface area contributed by atoms with Crippen LogP contribution >= 0.6 is 11.3 Å². The molecule has 11 heteroatoms. The number of benzene rings is 1. The molecule has 1 aromatic heterocycles. The quantitative estimate of drug-likeness (QED) is 0.513. The second kappa shape index (κ2) is 10.8. The van der Waals surface area contributed by atoms with Crippen LogP contribution in [0.1, 0.15) is 53.5 Å². The Labute approximate surface area is 190 Å². The lowest BCUT2D eigenvalue weighted by atomic mass is 10.2. The summed E-state index contributed by atoms with van der Waals surface area (Å²) in [5, 5.41) is 10.0. The van der Waals surface area contributed by atoms with Crippen LogP contribution in [0.3, 0.4) is 0 Å². The largest absolute Gasteiger partial charge is 0.493 e. The van der Waals surface area contributed by atoms with Gasteiger partial charge in [-0.05, 0) is 45.9 Å². The van der Waals surface area contributed by atoms with Crippen molar-refractivity contribution in [2.75, 3.05) is 14.2 Å². The first-order valence-corrected chi connectivity index (χ1v) is 10.7. The summed E-state index contributed by atoms with van der Waals surface area (Å²) in [6.07, 6.45) is -1.30. The van der Waals surface area contributed by atoms with Crippen molar-refractivity contribution in [2.24, 2.45) is 0 Å². The average molecular weight is 465 g/mol. The van der Waals surface area contributed by atoms with Gasteiger partial charge in [0.2, 0.25) is 0 Å². The van der Waals surface area contributed by atoms with E-state index in [1.807, 2.05) is 0 Å². The first-order valence-electron chi connectivity index (χ1n) is 9.77. The van der Waals surface area contributed by atoms with Crippen LogP contribution in [-0.2, 0) is 11.3 Å². The molecule has 10 nitrogen and oxygen atoms in total. The van der Waals surface area contributed by atoms with E-state index in [-0.39, 0.29) is 18.1 Å². The van der Waals surface area contributed by atoms with Crippen molar-refractivity contribution in [1.82, 2.24) is 20.9 Å². The van der Waals surface area contributed by atoms with E-state index in [0.29, 0.717) is 22.1 Å². The summed E-state index contributed by atoms with van der Waals surface area (Å²) in [5.41, 5.74) is -0.0543. The lowest BCUT2D eigenvalue weighted by molar-refractivity contribution is 0.0498. The van der Waals surface area contributed by atoms with Crippen LogP contribution in [0.5, 0.6) is 11.5 Å². The Kier molecular flexibility index (Phi) is 8.41. The van der Waals surface area contributed by atoms with Gasteiger partial charge in [-0.3, -0.25) is 9.59 Å². The number of carbonyl (C=O) groups is 3. The molecular formula is C21H28N4O6S. The Hall–Kier alpha value is -3.34. The molecular weight excluding hydrogens is 436 g/mol. The van der Waals surface area contributed by atoms with Crippen LogP contribution in [0.25, 0.3) is 0 Å². The summed E-state index contributed by atoms with van der Waals surface area (Å²) < 4.78 is 15.5. The van der Waals surface area contributed by atoms with Crippen molar-refractivity contribution in [1.29, 1.82) is 0 Å². The molecule has 1 heterocycles. The van der Waals surface area contributed by atoms with Gasteiger partial charge in [0.25, 0.3) is 11.8 Å². The fourth-order valence-corrected chi connectivity index (χ4v) is 3.24. The molecule has 1 unspecified atom stereocenters. The van der Waals surface area contributed by atoms with Gasteiger partial charge in [0.05, 0.1) is 20.8 Å². The van der Waals surface area contributed by atoms with E-state index in [0.717, 1.165) is 0 Å². The van der Waals surface area contributed by atoms with Crippen molar-refractivity contribution in [3.8, 4) is 11.5 Å². The molecule has 174 valence electrons. The van der Waals surface area contributed by atoms with Crippen molar-refractivity contribution in [3.63, 3.8) is 0 Å². The SMILES string of the molecule is COc1ccc(C(=O)NCc2nc(C(=O)NC(C)NC(=O)OC(C)(C)C)cs2)cc1OC. The number of amides is 3. The summed E-state index contributed by atoms with van der Waals surface area (Å²) in [5.74, 6) is 0.196. The van der Waals surface area contributed by atoms with Crippen molar-refractivity contribution >= 4 is 29.2 Å². The van der Waals surface area contributed by atoms with Gasteiger partial charge >= 0.3 is 6.09 Å². The maximum atomic E-state index is 12.4. The van der Waals surface area contributed by atoms with Crippen LogP contribution in [0, 0.1) is 0 Å². The number of ether oxygens (including phenoxy) is 3. The number of thiazole rings is 1. The van der Waals surface area contributed by atoms with Crippen molar-refractivity contribution in [3.05, 3.63) is 39.8 Å². The van der Waals surface area contributed by atoms with Gasteiger partial charge < -0.3 is 30.2 Å². The first-order chi connectivity index (χ1) is 15.0. The molecule has 3 amide bonds. The smallest absolute Gasteiger partial charge is 0.409 e. The molecule has 0 saturated heterocycles.